The molecule has 0 aromatic heterocycles. The number of nitriles is 1. The number of nitrogens with one attached hydrogen (secondary N) is 1. The van der Waals surface area contributed by atoms with E-state index in [4.69, 9.17) is 5.26 Å². The zero-order valence-electron chi connectivity index (χ0n) is 11.8. The molecule has 0 saturated carbocycles. The van der Waals surface area contributed by atoms with Crippen molar-refractivity contribution in [1.82, 2.24) is 9.62 Å². The van der Waals surface area contributed by atoms with Gasteiger partial charge in [0.1, 0.15) is 0 Å². The lowest BCUT2D eigenvalue weighted by molar-refractivity contribution is 0.383. The predicted molar refractivity (Wildman–Crippen MR) is 79.9 cm³/mol. The van der Waals surface area contributed by atoms with E-state index >= 15 is 0 Å². The molecule has 2 aliphatic rings. The molecule has 6 heteroatoms. The molecule has 2 saturated heterocycles. The third-order valence-corrected chi connectivity index (χ3v) is 6.10. The molecule has 21 heavy (non-hydrogen) atoms. The second-order valence-electron chi connectivity index (χ2n) is 5.85. The molecule has 0 amide bonds. The molecule has 2 heterocycles. The fourth-order valence-electron chi connectivity index (χ4n) is 3.20. The summed E-state index contributed by atoms with van der Waals surface area (Å²) in [5.41, 5.74) is 1.18. The molecule has 2 atom stereocenters. The van der Waals surface area contributed by atoms with E-state index in [-0.39, 0.29) is 11.8 Å². The summed E-state index contributed by atoms with van der Waals surface area (Å²) in [6.45, 7) is 1.16. The van der Waals surface area contributed by atoms with Gasteiger partial charge in [0.05, 0.1) is 17.4 Å². The van der Waals surface area contributed by atoms with Crippen molar-refractivity contribution in [3.8, 4) is 6.07 Å². The second-order valence-corrected chi connectivity index (χ2v) is 7.82. The van der Waals surface area contributed by atoms with Gasteiger partial charge in [-0.1, -0.05) is 12.1 Å². The molecular weight excluding hydrogens is 286 g/mol. The highest BCUT2D eigenvalue weighted by atomic mass is 32.2. The van der Waals surface area contributed by atoms with Crippen LogP contribution in [-0.2, 0) is 15.8 Å². The Labute approximate surface area is 125 Å². The summed E-state index contributed by atoms with van der Waals surface area (Å²) in [7, 11) is -3.32. The Bertz CT molecular complexity index is 666. The van der Waals surface area contributed by atoms with Gasteiger partial charge in [0.15, 0.2) is 0 Å². The lowest BCUT2D eigenvalue weighted by Crippen LogP contribution is -2.39. The Hall–Kier alpha value is -1.42. The van der Waals surface area contributed by atoms with Gasteiger partial charge in [-0.15, -0.1) is 0 Å². The van der Waals surface area contributed by atoms with Crippen LogP contribution >= 0.6 is 0 Å². The summed E-state index contributed by atoms with van der Waals surface area (Å²) in [6.07, 6.45) is 3.09. The first-order valence-electron chi connectivity index (χ1n) is 7.30. The fourth-order valence-corrected chi connectivity index (χ4v) is 4.77. The highest BCUT2D eigenvalue weighted by molar-refractivity contribution is 7.88. The van der Waals surface area contributed by atoms with Crippen LogP contribution in [0.2, 0.25) is 0 Å². The molecule has 1 N–H and O–H groups in total. The summed E-state index contributed by atoms with van der Waals surface area (Å²) in [5, 5.41) is 12.4. The first-order chi connectivity index (χ1) is 10.1. The highest BCUT2D eigenvalue weighted by Gasteiger charge is 2.34. The van der Waals surface area contributed by atoms with Crippen molar-refractivity contribution in [2.75, 3.05) is 13.1 Å². The van der Waals surface area contributed by atoms with Crippen LogP contribution in [0.4, 0.5) is 0 Å². The molecule has 0 spiro atoms. The average molecular weight is 305 g/mol. The minimum atomic E-state index is -3.32. The third kappa shape index (κ3) is 3.26. The molecule has 1 aromatic rings. The third-order valence-electron chi connectivity index (χ3n) is 4.28. The minimum absolute atomic E-state index is 0.0279. The number of fused-ring (bicyclic) bond motifs is 2. The van der Waals surface area contributed by atoms with Crippen molar-refractivity contribution >= 4 is 10.0 Å². The van der Waals surface area contributed by atoms with E-state index in [0.29, 0.717) is 30.3 Å². The predicted octanol–water partition coefficient (Wildman–Crippen LogP) is 1.21. The Morgan fingerprint density at radius 2 is 2.10 bits per heavy atom. The Morgan fingerprint density at radius 1 is 1.29 bits per heavy atom. The average Bonchev–Trinajstić information content (AvgIpc) is 2.77. The molecule has 0 radical (unpaired) electrons. The van der Waals surface area contributed by atoms with Gasteiger partial charge in [0.25, 0.3) is 0 Å². The number of hydrogen-bond donors (Lipinski definition) is 1. The van der Waals surface area contributed by atoms with Crippen LogP contribution in [0.5, 0.6) is 0 Å². The zero-order valence-corrected chi connectivity index (χ0v) is 12.6. The normalized spacial score (nSPS) is 26.2. The van der Waals surface area contributed by atoms with Crippen molar-refractivity contribution < 1.29 is 8.42 Å². The first-order valence-corrected chi connectivity index (χ1v) is 8.91. The monoisotopic (exact) mass is 305 g/mol. The number of sulfonamides is 1. The maximum atomic E-state index is 12.6. The number of rotatable bonds is 3. The van der Waals surface area contributed by atoms with E-state index in [9.17, 15) is 8.42 Å². The molecule has 2 unspecified atom stereocenters. The zero-order chi connectivity index (χ0) is 14.9. The summed E-state index contributed by atoms with van der Waals surface area (Å²) in [4.78, 5) is 0. The SMILES string of the molecule is N#Cc1cccc(CS(=O)(=O)N2CCC3CCC(C2)N3)c1. The van der Waals surface area contributed by atoms with Gasteiger partial charge in [-0.3, -0.25) is 0 Å². The van der Waals surface area contributed by atoms with E-state index in [1.807, 2.05) is 6.07 Å². The minimum Gasteiger partial charge on any atom is -0.310 e. The number of hydrogen-bond acceptors (Lipinski definition) is 4. The van der Waals surface area contributed by atoms with Crippen molar-refractivity contribution in [2.45, 2.75) is 37.1 Å². The number of benzene rings is 1. The quantitative estimate of drug-likeness (QED) is 0.911. The Balaban J connectivity index is 1.75. The molecule has 3 rings (SSSR count). The fraction of sp³-hybridized carbons (Fsp3) is 0.533. The highest BCUT2D eigenvalue weighted by Crippen LogP contribution is 2.23. The molecule has 5 nitrogen and oxygen atoms in total. The van der Waals surface area contributed by atoms with Crippen LogP contribution in [0, 0.1) is 11.3 Å². The molecule has 0 aliphatic carbocycles. The van der Waals surface area contributed by atoms with Crippen LogP contribution in [0.3, 0.4) is 0 Å². The number of nitrogens with zero attached hydrogens (tertiary/aromatic N) is 2. The molecule has 2 bridgehead atoms. The second kappa shape index (κ2) is 5.76. The molecule has 2 fully saturated rings. The van der Waals surface area contributed by atoms with Crippen molar-refractivity contribution in [2.24, 2.45) is 0 Å². The van der Waals surface area contributed by atoms with E-state index in [2.05, 4.69) is 5.32 Å². The van der Waals surface area contributed by atoms with Gasteiger partial charge in [-0.25, -0.2) is 12.7 Å². The van der Waals surface area contributed by atoms with Crippen LogP contribution in [0.15, 0.2) is 24.3 Å². The summed E-state index contributed by atoms with van der Waals surface area (Å²) < 4.78 is 26.8. The smallest absolute Gasteiger partial charge is 0.218 e. The van der Waals surface area contributed by atoms with Crippen molar-refractivity contribution in [1.29, 1.82) is 5.26 Å². The van der Waals surface area contributed by atoms with Crippen molar-refractivity contribution in [3.05, 3.63) is 35.4 Å². The van der Waals surface area contributed by atoms with Crippen LogP contribution < -0.4 is 5.32 Å². The van der Waals surface area contributed by atoms with Crippen LogP contribution in [0.1, 0.15) is 30.4 Å². The maximum Gasteiger partial charge on any atom is 0.218 e. The molecule has 1 aromatic carbocycles. The lowest BCUT2D eigenvalue weighted by Gasteiger charge is -2.23. The Kier molecular flexibility index (Phi) is 3.98. The summed E-state index contributed by atoms with van der Waals surface area (Å²) in [6, 6.07) is 9.64. The van der Waals surface area contributed by atoms with Crippen LogP contribution in [-0.4, -0.2) is 37.9 Å². The lowest BCUT2D eigenvalue weighted by atomic mass is 10.1. The van der Waals surface area contributed by atoms with E-state index in [0.717, 1.165) is 19.3 Å². The van der Waals surface area contributed by atoms with Crippen LogP contribution in [0.25, 0.3) is 0 Å². The molecular formula is C15H19N3O2S. The maximum absolute atomic E-state index is 12.6. The van der Waals surface area contributed by atoms with E-state index in [1.165, 1.54) is 0 Å². The van der Waals surface area contributed by atoms with Gasteiger partial charge in [-0.05, 0) is 37.0 Å². The van der Waals surface area contributed by atoms with E-state index in [1.54, 1.807) is 28.6 Å². The largest absolute Gasteiger partial charge is 0.310 e. The van der Waals surface area contributed by atoms with Gasteiger partial charge >= 0.3 is 0 Å². The molecule has 112 valence electrons. The van der Waals surface area contributed by atoms with Gasteiger partial charge in [-0.2, -0.15) is 5.26 Å². The summed E-state index contributed by atoms with van der Waals surface area (Å²) in [5.74, 6) is -0.0279. The van der Waals surface area contributed by atoms with E-state index < -0.39 is 10.0 Å². The van der Waals surface area contributed by atoms with Gasteiger partial charge < -0.3 is 5.32 Å². The molecule has 2 aliphatic heterocycles. The van der Waals surface area contributed by atoms with Crippen molar-refractivity contribution in [3.63, 3.8) is 0 Å². The standard InChI is InChI=1S/C15H19N3O2S/c16-9-12-2-1-3-13(8-12)11-21(19,20)18-7-6-14-4-5-15(10-18)17-14/h1-3,8,14-15,17H,4-7,10-11H2. The first kappa shape index (κ1) is 14.5. The topological polar surface area (TPSA) is 73.2 Å². The van der Waals surface area contributed by atoms with Gasteiger partial charge in [0, 0.05) is 25.2 Å². The summed E-state index contributed by atoms with van der Waals surface area (Å²) >= 11 is 0. The Morgan fingerprint density at radius 3 is 2.90 bits per heavy atom. The van der Waals surface area contributed by atoms with Gasteiger partial charge in [0.2, 0.25) is 10.0 Å².